The number of hydrogen-bond acceptors (Lipinski definition) is 1. The van der Waals surface area contributed by atoms with Crippen molar-refractivity contribution in [3.8, 4) is 0 Å². The molecule has 3 nitrogen and oxygen atoms in total. The van der Waals surface area contributed by atoms with E-state index in [1.807, 2.05) is 26.0 Å². The molecule has 1 amide bonds. The van der Waals surface area contributed by atoms with E-state index in [1.54, 1.807) is 0 Å². The molecule has 0 spiro atoms. The van der Waals surface area contributed by atoms with Crippen LogP contribution in [0.1, 0.15) is 63.0 Å². The SMILES string of the molecule is Cc1ccc(NC(=O)[C@H](C)[NH2+]C2CCCCCCC2)c(C)c1. The smallest absolute Gasteiger partial charge is 0.282 e. The lowest BCUT2D eigenvalue weighted by atomic mass is 9.96. The number of amides is 1. The van der Waals surface area contributed by atoms with Crippen molar-refractivity contribution in [2.24, 2.45) is 0 Å². The Bertz CT molecular complexity index is 490. The van der Waals surface area contributed by atoms with Gasteiger partial charge >= 0.3 is 0 Å². The van der Waals surface area contributed by atoms with Gasteiger partial charge in [-0.15, -0.1) is 0 Å². The number of nitrogens with two attached hydrogens (primary N) is 1. The van der Waals surface area contributed by atoms with Gasteiger partial charge in [0.15, 0.2) is 6.04 Å². The van der Waals surface area contributed by atoms with Crippen molar-refractivity contribution in [1.29, 1.82) is 0 Å². The number of quaternary nitrogens is 1. The summed E-state index contributed by atoms with van der Waals surface area (Å²) in [6.45, 7) is 6.15. The largest absolute Gasteiger partial charge is 0.334 e. The van der Waals surface area contributed by atoms with E-state index in [2.05, 4.69) is 23.6 Å². The third kappa shape index (κ3) is 5.13. The quantitative estimate of drug-likeness (QED) is 0.880. The van der Waals surface area contributed by atoms with Crippen molar-refractivity contribution in [2.75, 3.05) is 5.32 Å². The minimum absolute atomic E-state index is 0.0230. The van der Waals surface area contributed by atoms with Crippen molar-refractivity contribution < 1.29 is 10.1 Å². The number of nitrogens with one attached hydrogen (secondary N) is 1. The number of carbonyl (C=O) groups is 1. The van der Waals surface area contributed by atoms with E-state index in [-0.39, 0.29) is 11.9 Å². The fourth-order valence-electron chi connectivity index (χ4n) is 3.38. The summed E-state index contributed by atoms with van der Waals surface area (Å²) in [5.74, 6) is 0.119. The van der Waals surface area contributed by atoms with Crippen molar-refractivity contribution in [3.05, 3.63) is 29.3 Å². The van der Waals surface area contributed by atoms with Crippen LogP contribution in [-0.2, 0) is 4.79 Å². The van der Waals surface area contributed by atoms with Crippen LogP contribution in [0.2, 0.25) is 0 Å². The maximum Gasteiger partial charge on any atom is 0.282 e. The maximum atomic E-state index is 12.4. The molecular weight excluding hydrogens is 272 g/mol. The van der Waals surface area contributed by atoms with Crippen molar-refractivity contribution in [2.45, 2.75) is 77.8 Å². The summed E-state index contributed by atoms with van der Waals surface area (Å²) in [4.78, 5) is 12.4. The highest BCUT2D eigenvalue weighted by Crippen LogP contribution is 2.17. The van der Waals surface area contributed by atoms with Crippen LogP contribution in [0.4, 0.5) is 5.69 Å². The van der Waals surface area contributed by atoms with E-state index in [4.69, 9.17) is 0 Å². The lowest BCUT2D eigenvalue weighted by Crippen LogP contribution is -2.96. The highest BCUT2D eigenvalue weighted by atomic mass is 16.2. The zero-order valence-corrected chi connectivity index (χ0v) is 14.3. The van der Waals surface area contributed by atoms with Gasteiger partial charge in [-0.2, -0.15) is 0 Å². The van der Waals surface area contributed by atoms with E-state index in [1.165, 1.54) is 50.5 Å². The van der Waals surface area contributed by atoms with Crippen LogP contribution in [0.3, 0.4) is 0 Å². The summed E-state index contributed by atoms with van der Waals surface area (Å²) >= 11 is 0. The van der Waals surface area contributed by atoms with Gasteiger partial charge in [0.2, 0.25) is 0 Å². The van der Waals surface area contributed by atoms with Crippen LogP contribution in [0.5, 0.6) is 0 Å². The average molecular weight is 303 g/mol. The Morgan fingerprint density at radius 3 is 2.41 bits per heavy atom. The minimum atomic E-state index is -0.0230. The molecule has 0 aromatic heterocycles. The predicted molar refractivity (Wildman–Crippen MR) is 92.0 cm³/mol. The third-order valence-electron chi connectivity index (χ3n) is 4.76. The van der Waals surface area contributed by atoms with E-state index >= 15 is 0 Å². The summed E-state index contributed by atoms with van der Waals surface area (Å²) in [6, 6.07) is 6.75. The van der Waals surface area contributed by atoms with Crippen LogP contribution >= 0.6 is 0 Å². The maximum absolute atomic E-state index is 12.4. The van der Waals surface area contributed by atoms with Gasteiger partial charge in [0.1, 0.15) is 0 Å². The van der Waals surface area contributed by atoms with Gasteiger partial charge in [-0.25, -0.2) is 0 Å². The summed E-state index contributed by atoms with van der Waals surface area (Å²) < 4.78 is 0. The first-order valence-corrected chi connectivity index (χ1v) is 8.79. The molecule has 22 heavy (non-hydrogen) atoms. The lowest BCUT2D eigenvalue weighted by molar-refractivity contribution is -0.707. The summed E-state index contributed by atoms with van der Waals surface area (Å²) in [6.07, 6.45) is 9.22. The number of hydrogen-bond donors (Lipinski definition) is 2. The van der Waals surface area contributed by atoms with Crippen LogP contribution < -0.4 is 10.6 Å². The van der Waals surface area contributed by atoms with E-state index in [0.29, 0.717) is 6.04 Å². The van der Waals surface area contributed by atoms with Gasteiger partial charge < -0.3 is 10.6 Å². The molecule has 0 bridgehead atoms. The number of rotatable bonds is 4. The molecule has 1 atom stereocenters. The highest BCUT2D eigenvalue weighted by molar-refractivity contribution is 5.94. The first-order valence-electron chi connectivity index (χ1n) is 8.79. The average Bonchev–Trinajstić information content (AvgIpc) is 2.44. The number of carbonyl (C=O) groups excluding carboxylic acids is 1. The highest BCUT2D eigenvalue weighted by Gasteiger charge is 2.22. The summed E-state index contributed by atoms with van der Waals surface area (Å²) in [7, 11) is 0. The Morgan fingerprint density at radius 1 is 1.14 bits per heavy atom. The van der Waals surface area contributed by atoms with Gasteiger partial charge in [0.25, 0.3) is 5.91 Å². The van der Waals surface area contributed by atoms with Crippen LogP contribution in [0, 0.1) is 13.8 Å². The summed E-state index contributed by atoms with van der Waals surface area (Å²) in [5.41, 5.74) is 3.30. The normalized spacial score (nSPS) is 18.3. The van der Waals surface area contributed by atoms with Crippen LogP contribution in [0.15, 0.2) is 18.2 Å². The Kier molecular flexibility index (Phi) is 6.44. The number of anilines is 1. The topological polar surface area (TPSA) is 45.7 Å². The zero-order chi connectivity index (χ0) is 15.9. The van der Waals surface area contributed by atoms with Crippen molar-refractivity contribution in [1.82, 2.24) is 0 Å². The van der Waals surface area contributed by atoms with Gasteiger partial charge in [0, 0.05) is 5.69 Å². The Hall–Kier alpha value is -1.35. The first-order chi connectivity index (χ1) is 10.6. The Balaban J connectivity index is 1.88. The molecule has 0 heterocycles. The molecular formula is C19H31N2O+. The molecule has 1 aromatic rings. The molecule has 1 aliphatic rings. The molecule has 1 aliphatic carbocycles. The molecule has 1 saturated carbocycles. The summed E-state index contributed by atoms with van der Waals surface area (Å²) in [5, 5.41) is 5.37. The second-order valence-corrected chi connectivity index (χ2v) is 6.89. The van der Waals surface area contributed by atoms with Crippen LogP contribution in [0.25, 0.3) is 0 Å². The van der Waals surface area contributed by atoms with Gasteiger partial charge in [-0.1, -0.05) is 37.0 Å². The second-order valence-electron chi connectivity index (χ2n) is 6.89. The van der Waals surface area contributed by atoms with E-state index < -0.39 is 0 Å². The third-order valence-corrected chi connectivity index (χ3v) is 4.76. The molecule has 0 aliphatic heterocycles. The monoisotopic (exact) mass is 303 g/mol. The van der Waals surface area contributed by atoms with Crippen molar-refractivity contribution in [3.63, 3.8) is 0 Å². The van der Waals surface area contributed by atoms with Gasteiger partial charge in [-0.3, -0.25) is 4.79 Å². The van der Waals surface area contributed by atoms with Crippen LogP contribution in [-0.4, -0.2) is 18.0 Å². The molecule has 1 fully saturated rings. The van der Waals surface area contributed by atoms with Gasteiger partial charge in [0.05, 0.1) is 6.04 Å². The van der Waals surface area contributed by atoms with Gasteiger partial charge in [-0.05, 0) is 58.1 Å². The fourth-order valence-corrected chi connectivity index (χ4v) is 3.38. The Morgan fingerprint density at radius 2 is 1.77 bits per heavy atom. The molecule has 0 unspecified atom stereocenters. The van der Waals surface area contributed by atoms with E-state index in [9.17, 15) is 4.79 Å². The zero-order valence-electron chi connectivity index (χ0n) is 14.3. The van der Waals surface area contributed by atoms with E-state index in [0.717, 1.165) is 11.3 Å². The number of benzene rings is 1. The molecule has 122 valence electrons. The molecule has 1 aromatic carbocycles. The molecule has 3 N–H and O–H groups in total. The first kappa shape index (κ1) is 17.0. The molecule has 0 radical (unpaired) electrons. The predicted octanol–water partition coefficient (Wildman–Crippen LogP) is 3.31. The molecule has 3 heteroatoms. The lowest BCUT2D eigenvalue weighted by Gasteiger charge is -2.22. The van der Waals surface area contributed by atoms with Crippen molar-refractivity contribution >= 4 is 11.6 Å². The number of aryl methyl sites for hydroxylation is 2. The molecule has 0 saturated heterocycles. The second kappa shape index (κ2) is 8.33. The standard InChI is InChI=1S/C19H30N2O/c1-14-11-12-18(15(2)13-14)21-19(22)16(3)20-17-9-7-5-4-6-8-10-17/h11-13,16-17,20H,4-10H2,1-3H3,(H,21,22)/p+1/t16-/m0/s1. The minimum Gasteiger partial charge on any atom is -0.334 e. The molecule has 2 rings (SSSR count). The Labute approximate surface area is 134 Å². The fraction of sp³-hybridized carbons (Fsp3) is 0.632.